The predicted molar refractivity (Wildman–Crippen MR) is 76.1 cm³/mol. The molecule has 1 amide bonds. The number of benzene rings is 1. The molecule has 0 aliphatic rings. The van der Waals surface area contributed by atoms with Crippen LogP contribution in [-0.4, -0.2) is 15.5 Å². The summed E-state index contributed by atoms with van der Waals surface area (Å²) in [4.78, 5) is 37.6. The van der Waals surface area contributed by atoms with Crippen LogP contribution in [0.15, 0.2) is 40.1 Å². The minimum atomic E-state index is -0.625. The third kappa shape index (κ3) is 2.54. The van der Waals surface area contributed by atoms with E-state index in [4.69, 9.17) is 0 Å². The van der Waals surface area contributed by atoms with Crippen molar-refractivity contribution in [2.45, 2.75) is 13.3 Å². The van der Waals surface area contributed by atoms with Crippen LogP contribution < -0.4 is 16.6 Å². The van der Waals surface area contributed by atoms with Crippen LogP contribution in [0.25, 0.3) is 0 Å². The zero-order valence-corrected chi connectivity index (χ0v) is 11.3. The van der Waals surface area contributed by atoms with Gasteiger partial charge in [-0.05, 0) is 18.1 Å². The third-order valence-corrected chi connectivity index (χ3v) is 3.07. The van der Waals surface area contributed by atoms with Gasteiger partial charge in [0.05, 0.1) is 0 Å². The second-order valence-electron chi connectivity index (χ2n) is 4.34. The molecule has 2 N–H and O–H groups in total. The molecule has 1 aromatic heterocycles. The Bertz CT molecular complexity index is 759. The topological polar surface area (TPSA) is 84.0 Å². The van der Waals surface area contributed by atoms with Gasteiger partial charge in [0.2, 0.25) is 0 Å². The number of carbonyl (C=O) groups is 1. The number of anilines is 1. The van der Waals surface area contributed by atoms with Gasteiger partial charge in [-0.25, -0.2) is 4.79 Å². The number of aromatic amines is 1. The molecule has 0 fully saturated rings. The molecule has 2 aromatic rings. The fraction of sp³-hybridized carbons (Fsp3) is 0.214. The number of aromatic nitrogens is 2. The SMILES string of the molecule is CCc1ccccc1NC(=O)c1c[nH]c(=O)n(C)c1=O. The van der Waals surface area contributed by atoms with Gasteiger partial charge < -0.3 is 10.3 Å². The van der Waals surface area contributed by atoms with E-state index in [1.807, 2.05) is 19.1 Å². The lowest BCUT2D eigenvalue weighted by molar-refractivity contribution is 0.102. The van der Waals surface area contributed by atoms with Crippen LogP contribution in [0.4, 0.5) is 5.69 Å². The molecule has 104 valence electrons. The van der Waals surface area contributed by atoms with E-state index < -0.39 is 17.2 Å². The molecule has 0 aliphatic carbocycles. The average molecular weight is 273 g/mol. The normalized spacial score (nSPS) is 10.3. The van der Waals surface area contributed by atoms with Gasteiger partial charge in [0.1, 0.15) is 5.56 Å². The first-order valence-electron chi connectivity index (χ1n) is 6.22. The molecule has 0 saturated heterocycles. The number of H-pyrrole nitrogens is 1. The molecule has 0 saturated carbocycles. The lowest BCUT2D eigenvalue weighted by Crippen LogP contribution is -2.37. The maximum absolute atomic E-state index is 12.1. The highest BCUT2D eigenvalue weighted by Gasteiger charge is 2.14. The van der Waals surface area contributed by atoms with Crippen molar-refractivity contribution >= 4 is 11.6 Å². The largest absolute Gasteiger partial charge is 0.328 e. The molecule has 6 nitrogen and oxygen atoms in total. The molecule has 0 bridgehead atoms. The lowest BCUT2D eigenvalue weighted by atomic mass is 10.1. The molecule has 0 unspecified atom stereocenters. The quantitative estimate of drug-likeness (QED) is 0.871. The van der Waals surface area contributed by atoms with Gasteiger partial charge in [0.15, 0.2) is 0 Å². The van der Waals surface area contributed by atoms with E-state index in [0.29, 0.717) is 5.69 Å². The van der Waals surface area contributed by atoms with Gasteiger partial charge >= 0.3 is 5.69 Å². The summed E-state index contributed by atoms with van der Waals surface area (Å²) >= 11 is 0. The molecule has 2 rings (SSSR count). The lowest BCUT2D eigenvalue weighted by Gasteiger charge is -2.09. The van der Waals surface area contributed by atoms with Crippen LogP contribution >= 0.6 is 0 Å². The van der Waals surface area contributed by atoms with Crippen LogP contribution in [0.2, 0.25) is 0 Å². The van der Waals surface area contributed by atoms with Crippen molar-refractivity contribution < 1.29 is 4.79 Å². The van der Waals surface area contributed by atoms with E-state index in [2.05, 4.69) is 10.3 Å². The summed E-state index contributed by atoms with van der Waals surface area (Å²) in [5, 5.41) is 2.69. The first-order valence-corrected chi connectivity index (χ1v) is 6.22. The Kier molecular flexibility index (Phi) is 3.84. The van der Waals surface area contributed by atoms with E-state index in [9.17, 15) is 14.4 Å². The summed E-state index contributed by atoms with van der Waals surface area (Å²) in [6, 6.07) is 7.36. The van der Waals surface area contributed by atoms with Crippen LogP contribution in [0.5, 0.6) is 0 Å². The summed E-state index contributed by atoms with van der Waals surface area (Å²) in [6.07, 6.45) is 1.90. The van der Waals surface area contributed by atoms with E-state index >= 15 is 0 Å². The Morgan fingerprint density at radius 3 is 2.70 bits per heavy atom. The molecule has 6 heteroatoms. The van der Waals surface area contributed by atoms with Crippen molar-refractivity contribution in [2.75, 3.05) is 5.32 Å². The Morgan fingerprint density at radius 2 is 2.00 bits per heavy atom. The minimum absolute atomic E-state index is 0.0991. The van der Waals surface area contributed by atoms with E-state index in [1.165, 1.54) is 7.05 Å². The number of rotatable bonds is 3. The van der Waals surface area contributed by atoms with Crippen molar-refractivity contribution in [1.29, 1.82) is 0 Å². The predicted octanol–water partition coefficient (Wildman–Crippen LogP) is 0.888. The van der Waals surface area contributed by atoms with Crippen LogP contribution in [0.3, 0.4) is 0 Å². The van der Waals surface area contributed by atoms with Crippen LogP contribution in [0.1, 0.15) is 22.8 Å². The second-order valence-corrected chi connectivity index (χ2v) is 4.34. The highest BCUT2D eigenvalue weighted by molar-refractivity contribution is 6.04. The second kappa shape index (κ2) is 5.56. The molecule has 1 aromatic carbocycles. The van der Waals surface area contributed by atoms with Crippen molar-refractivity contribution in [3.8, 4) is 0 Å². The Morgan fingerprint density at radius 1 is 1.30 bits per heavy atom. The highest BCUT2D eigenvalue weighted by Crippen LogP contribution is 2.15. The Labute approximate surface area is 115 Å². The standard InChI is InChI=1S/C14H15N3O3/c1-3-9-6-4-5-7-11(9)16-12(18)10-8-15-14(20)17(2)13(10)19/h4-8H,3H2,1-2H3,(H,15,20)(H,16,18). The van der Waals surface area contributed by atoms with Crippen LogP contribution in [-0.2, 0) is 13.5 Å². The first kappa shape index (κ1) is 13.8. The zero-order chi connectivity index (χ0) is 14.7. The van der Waals surface area contributed by atoms with E-state index in [0.717, 1.165) is 22.7 Å². The molecule has 0 radical (unpaired) electrons. The number of hydrogen-bond donors (Lipinski definition) is 2. The number of nitrogens with zero attached hydrogens (tertiary/aromatic N) is 1. The van der Waals surface area contributed by atoms with Gasteiger partial charge in [0, 0.05) is 18.9 Å². The van der Waals surface area contributed by atoms with Crippen molar-refractivity contribution in [1.82, 2.24) is 9.55 Å². The number of carbonyl (C=O) groups excluding carboxylic acids is 1. The number of para-hydroxylation sites is 1. The summed E-state index contributed by atoms with van der Waals surface area (Å²) in [7, 11) is 1.32. The molecule has 0 atom stereocenters. The summed E-state index contributed by atoms with van der Waals surface area (Å²) in [5.41, 5.74) is 0.356. The smallest absolute Gasteiger partial charge is 0.322 e. The number of amides is 1. The minimum Gasteiger partial charge on any atom is -0.322 e. The molecular formula is C14H15N3O3. The Hall–Kier alpha value is -2.63. The number of aryl methyl sites for hydroxylation is 1. The van der Waals surface area contributed by atoms with Crippen LogP contribution in [0, 0.1) is 0 Å². The van der Waals surface area contributed by atoms with E-state index in [-0.39, 0.29) is 5.56 Å². The fourth-order valence-electron chi connectivity index (χ4n) is 1.87. The van der Waals surface area contributed by atoms with Gasteiger partial charge in [0.25, 0.3) is 11.5 Å². The van der Waals surface area contributed by atoms with Gasteiger partial charge in [-0.3, -0.25) is 14.2 Å². The fourth-order valence-corrected chi connectivity index (χ4v) is 1.87. The maximum Gasteiger partial charge on any atom is 0.328 e. The molecule has 1 heterocycles. The summed E-state index contributed by atoms with van der Waals surface area (Å²) in [5.74, 6) is -0.539. The van der Waals surface area contributed by atoms with Gasteiger partial charge in [-0.15, -0.1) is 0 Å². The van der Waals surface area contributed by atoms with Gasteiger partial charge in [-0.1, -0.05) is 25.1 Å². The summed E-state index contributed by atoms with van der Waals surface area (Å²) in [6.45, 7) is 1.98. The summed E-state index contributed by atoms with van der Waals surface area (Å²) < 4.78 is 0.862. The van der Waals surface area contributed by atoms with Crippen molar-refractivity contribution in [3.63, 3.8) is 0 Å². The van der Waals surface area contributed by atoms with E-state index in [1.54, 1.807) is 12.1 Å². The highest BCUT2D eigenvalue weighted by atomic mass is 16.2. The maximum atomic E-state index is 12.1. The first-order chi connectivity index (χ1) is 9.54. The molecular weight excluding hydrogens is 258 g/mol. The molecule has 20 heavy (non-hydrogen) atoms. The average Bonchev–Trinajstić information content (AvgIpc) is 2.45. The van der Waals surface area contributed by atoms with Crippen molar-refractivity contribution in [2.24, 2.45) is 7.05 Å². The van der Waals surface area contributed by atoms with Crippen molar-refractivity contribution in [3.05, 3.63) is 62.4 Å². The monoisotopic (exact) mass is 273 g/mol. The van der Waals surface area contributed by atoms with Gasteiger partial charge in [-0.2, -0.15) is 0 Å². The molecule has 0 aliphatic heterocycles. The zero-order valence-electron chi connectivity index (χ0n) is 11.3. The number of nitrogens with one attached hydrogen (secondary N) is 2. The Balaban J connectivity index is 2.36. The molecule has 0 spiro atoms. The third-order valence-electron chi connectivity index (χ3n) is 3.07. The number of hydrogen-bond acceptors (Lipinski definition) is 3.